The number of rotatable bonds is 5. The van der Waals surface area contributed by atoms with E-state index in [0.717, 1.165) is 38.2 Å². The van der Waals surface area contributed by atoms with Crippen LogP contribution in [0.1, 0.15) is 23.5 Å². The average Bonchev–Trinajstić information content (AvgIpc) is 3.60. The van der Waals surface area contributed by atoms with E-state index in [1.165, 1.54) is 0 Å². The number of thiocarbonyl (C=S) groups is 1. The maximum Gasteiger partial charge on any atom is 0.194 e. The first-order valence-electron chi connectivity index (χ1n) is 10.9. The lowest BCUT2D eigenvalue weighted by atomic mass is 10.0. The summed E-state index contributed by atoms with van der Waals surface area (Å²) in [7, 11) is 1.67. The number of para-hydroxylation sites is 1. The van der Waals surface area contributed by atoms with Crippen LogP contribution in [0.3, 0.4) is 0 Å². The second-order valence-electron chi connectivity index (χ2n) is 7.96. The standard InChI is InChI=1S/C26H21N5OS2/c1-32-18-13-11-17(12-14-18)31-24(23(29-25(31)33)20-8-4-5-15-27-20)21-9-6-16-30(21)26-28-19-7-2-3-10-22(19)34-26/h2-16,23-24H,1H3,(H,29,33). The Bertz CT molecular complexity index is 1430. The van der Waals surface area contributed by atoms with E-state index in [9.17, 15) is 0 Å². The van der Waals surface area contributed by atoms with Crippen LogP contribution >= 0.6 is 23.6 Å². The van der Waals surface area contributed by atoms with Gasteiger partial charge in [-0.25, -0.2) is 4.98 Å². The van der Waals surface area contributed by atoms with Crippen molar-refractivity contribution in [3.63, 3.8) is 0 Å². The van der Waals surface area contributed by atoms with E-state index in [0.29, 0.717) is 5.11 Å². The van der Waals surface area contributed by atoms with Gasteiger partial charge in [-0.1, -0.05) is 29.5 Å². The molecule has 1 aliphatic rings. The van der Waals surface area contributed by atoms with Crippen LogP contribution in [0.4, 0.5) is 5.69 Å². The number of pyridine rings is 1. The van der Waals surface area contributed by atoms with Crippen LogP contribution in [0.15, 0.2) is 91.3 Å². The molecule has 8 heteroatoms. The van der Waals surface area contributed by atoms with E-state index < -0.39 is 0 Å². The van der Waals surface area contributed by atoms with Gasteiger partial charge in [-0.15, -0.1) is 0 Å². The molecule has 0 amide bonds. The van der Waals surface area contributed by atoms with Crippen molar-refractivity contribution >= 4 is 44.6 Å². The Balaban J connectivity index is 1.50. The molecule has 4 heterocycles. The molecular formula is C26H21N5OS2. The molecule has 0 radical (unpaired) electrons. The third-order valence-electron chi connectivity index (χ3n) is 6.02. The fraction of sp³-hybridized carbons (Fsp3) is 0.115. The minimum Gasteiger partial charge on any atom is -0.497 e. The monoisotopic (exact) mass is 483 g/mol. The Morgan fingerprint density at radius 2 is 1.79 bits per heavy atom. The zero-order valence-electron chi connectivity index (χ0n) is 18.3. The first-order chi connectivity index (χ1) is 16.7. The molecule has 0 aliphatic carbocycles. The first kappa shape index (κ1) is 20.8. The molecule has 3 aromatic heterocycles. The number of anilines is 1. The Hall–Kier alpha value is -3.75. The van der Waals surface area contributed by atoms with E-state index in [4.69, 9.17) is 21.9 Å². The van der Waals surface area contributed by atoms with Crippen molar-refractivity contribution in [2.75, 3.05) is 12.0 Å². The first-order valence-corrected chi connectivity index (χ1v) is 12.1. The summed E-state index contributed by atoms with van der Waals surface area (Å²) in [5, 5.41) is 5.10. The predicted molar refractivity (Wildman–Crippen MR) is 140 cm³/mol. The number of nitrogens with zero attached hydrogens (tertiary/aromatic N) is 4. The number of thiazole rings is 1. The van der Waals surface area contributed by atoms with Gasteiger partial charge in [0.2, 0.25) is 0 Å². The molecule has 2 atom stereocenters. The Kier molecular flexibility index (Phi) is 5.24. The molecule has 5 aromatic rings. The van der Waals surface area contributed by atoms with E-state index in [-0.39, 0.29) is 12.1 Å². The Morgan fingerprint density at radius 3 is 2.56 bits per heavy atom. The quantitative estimate of drug-likeness (QED) is 0.325. The van der Waals surface area contributed by atoms with Crippen molar-refractivity contribution in [2.45, 2.75) is 12.1 Å². The molecule has 0 bridgehead atoms. The third kappa shape index (κ3) is 3.52. The highest BCUT2D eigenvalue weighted by atomic mass is 32.1. The Morgan fingerprint density at radius 1 is 0.971 bits per heavy atom. The fourth-order valence-electron chi connectivity index (χ4n) is 4.45. The molecular weight excluding hydrogens is 462 g/mol. The molecule has 2 unspecified atom stereocenters. The van der Waals surface area contributed by atoms with E-state index in [1.54, 1.807) is 18.4 Å². The van der Waals surface area contributed by atoms with Crippen LogP contribution in [-0.2, 0) is 0 Å². The largest absolute Gasteiger partial charge is 0.497 e. The highest BCUT2D eigenvalue weighted by Crippen LogP contribution is 2.43. The second kappa shape index (κ2) is 8.55. The van der Waals surface area contributed by atoms with Gasteiger partial charge in [0, 0.05) is 18.1 Å². The summed E-state index contributed by atoms with van der Waals surface area (Å²) in [5.41, 5.74) is 4.00. The maximum absolute atomic E-state index is 5.86. The highest BCUT2D eigenvalue weighted by Gasteiger charge is 2.42. The smallest absolute Gasteiger partial charge is 0.194 e. The van der Waals surface area contributed by atoms with Gasteiger partial charge in [-0.2, -0.15) is 0 Å². The van der Waals surface area contributed by atoms with Gasteiger partial charge in [0.1, 0.15) is 11.8 Å². The SMILES string of the molecule is COc1ccc(N2C(=S)NC(c3ccccn3)C2c2cccn2-c2nc3ccccc3s2)cc1. The highest BCUT2D eigenvalue weighted by molar-refractivity contribution is 7.80. The minimum absolute atomic E-state index is 0.126. The molecule has 168 valence electrons. The molecule has 1 N–H and O–H groups in total. The van der Waals surface area contributed by atoms with Crippen LogP contribution in [0.2, 0.25) is 0 Å². The molecule has 1 fully saturated rings. The van der Waals surface area contributed by atoms with E-state index >= 15 is 0 Å². The van der Waals surface area contributed by atoms with Crippen LogP contribution in [0.5, 0.6) is 5.75 Å². The maximum atomic E-state index is 5.86. The second-order valence-corrected chi connectivity index (χ2v) is 9.36. The van der Waals surface area contributed by atoms with E-state index in [2.05, 4.69) is 44.2 Å². The number of aromatic nitrogens is 3. The van der Waals surface area contributed by atoms with Crippen molar-refractivity contribution in [3.8, 4) is 10.9 Å². The van der Waals surface area contributed by atoms with Crippen molar-refractivity contribution < 1.29 is 4.74 Å². The van der Waals surface area contributed by atoms with Crippen molar-refractivity contribution in [2.24, 2.45) is 0 Å². The van der Waals surface area contributed by atoms with Gasteiger partial charge in [0.25, 0.3) is 0 Å². The number of hydrogen-bond acceptors (Lipinski definition) is 5. The number of hydrogen-bond donors (Lipinski definition) is 1. The van der Waals surface area contributed by atoms with Crippen molar-refractivity contribution in [1.29, 1.82) is 0 Å². The number of ether oxygens (including phenoxy) is 1. The Labute approximate surface area is 206 Å². The van der Waals surface area contributed by atoms with Crippen LogP contribution in [0.25, 0.3) is 15.3 Å². The summed E-state index contributed by atoms with van der Waals surface area (Å²) in [6.07, 6.45) is 3.88. The molecule has 0 spiro atoms. The van der Waals surface area contributed by atoms with Crippen LogP contribution in [0, 0.1) is 0 Å². The molecule has 1 aliphatic heterocycles. The van der Waals surface area contributed by atoms with Crippen LogP contribution < -0.4 is 15.0 Å². The summed E-state index contributed by atoms with van der Waals surface area (Å²) >= 11 is 7.53. The van der Waals surface area contributed by atoms with Gasteiger partial charge < -0.3 is 15.0 Å². The van der Waals surface area contributed by atoms with Gasteiger partial charge in [-0.05, 0) is 72.9 Å². The number of methoxy groups -OCH3 is 1. The fourth-order valence-corrected chi connectivity index (χ4v) is 5.76. The summed E-state index contributed by atoms with van der Waals surface area (Å²) in [4.78, 5) is 11.7. The molecule has 6 rings (SSSR count). The van der Waals surface area contributed by atoms with Crippen LogP contribution in [-0.4, -0.2) is 26.8 Å². The topological polar surface area (TPSA) is 55.2 Å². The van der Waals surface area contributed by atoms with Crippen molar-refractivity contribution in [3.05, 3.63) is 103 Å². The third-order valence-corrected chi connectivity index (χ3v) is 7.37. The zero-order chi connectivity index (χ0) is 23.1. The van der Waals surface area contributed by atoms with Gasteiger partial charge >= 0.3 is 0 Å². The number of fused-ring (bicyclic) bond motifs is 1. The number of nitrogens with one attached hydrogen (secondary N) is 1. The average molecular weight is 484 g/mol. The zero-order valence-corrected chi connectivity index (χ0v) is 20.0. The van der Waals surface area contributed by atoms with Crippen molar-refractivity contribution in [1.82, 2.24) is 19.9 Å². The lowest BCUT2D eigenvalue weighted by Gasteiger charge is -2.28. The summed E-state index contributed by atoms with van der Waals surface area (Å²) < 4.78 is 8.69. The molecule has 2 aromatic carbocycles. The molecule has 1 saturated heterocycles. The lowest BCUT2D eigenvalue weighted by molar-refractivity contribution is 0.415. The number of benzene rings is 2. The molecule has 6 nitrogen and oxygen atoms in total. The lowest BCUT2D eigenvalue weighted by Crippen LogP contribution is -2.30. The summed E-state index contributed by atoms with van der Waals surface area (Å²) in [6, 6.07) is 26.1. The minimum atomic E-state index is -0.127. The predicted octanol–water partition coefficient (Wildman–Crippen LogP) is 5.67. The normalized spacial score (nSPS) is 17.8. The van der Waals surface area contributed by atoms with Gasteiger partial charge in [-0.3, -0.25) is 9.55 Å². The molecule has 34 heavy (non-hydrogen) atoms. The molecule has 0 saturated carbocycles. The summed E-state index contributed by atoms with van der Waals surface area (Å²) in [6.45, 7) is 0. The van der Waals surface area contributed by atoms with E-state index in [1.807, 2.05) is 66.9 Å². The van der Waals surface area contributed by atoms with Gasteiger partial charge in [0.15, 0.2) is 10.2 Å². The summed E-state index contributed by atoms with van der Waals surface area (Å²) in [5.74, 6) is 0.803. The van der Waals surface area contributed by atoms with Gasteiger partial charge in [0.05, 0.1) is 34.8 Å².